The summed E-state index contributed by atoms with van der Waals surface area (Å²) in [6, 6.07) is 8.35. The van der Waals surface area contributed by atoms with Crippen molar-refractivity contribution in [1.82, 2.24) is 15.5 Å². The van der Waals surface area contributed by atoms with Crippen LogP contribution in [0.2, 0.25) is 0 Å². The molecule has 5 nitrogen and oxygen atoms in total. The minimum absolute atomic E-state index is 0.448. The Hall–Kier alpha value is -1.88. The fourth-order valence-electron chi connectivity index (χ4n) is 1.91. The van der Waals surface area contributed by atoms with Crippen LogP contribution in [0.25, 0.3) is 0 Å². The molecule has 1 aromatic carbocycles. The molecule has 2 rings (SSSR count). The van der Waals surface area contributed by atoms with Gasteiger partial charge in [0, 0.05) is 18.9 Å². The normalized spacial score (nSPS) is 12.3. The van der Waals surface area contributed by atoms with Crippen LogP contribution in [0, 0.1) is 0 Å². The maximum atomic E-state index is 5.27. The molecule has 1 aromatic heterocycles. The Morgan fingerprint density at radius 3 is 3.00 bits per heavy atom. The van der Waals surface area contributed by atoms with E-state index in [-0.39, 0.29) is 0 Å². The molecule has 0 aliphatic heterocycles. The van der Waals surface area contributed by atoms with E-state index in [1.165, 1.54) is 0 Å². The summed E-state index contributed by atoms with van der Waals surface area (Å²) in [5.74, 6) is 2.25. The first kappa shape index (κ1) is 14.5. The van der Waals surface area contributed by atoms with E-state index >= 15 is 0 Å². The molecule has 0 aliphatic rings. The summed E-state index contributed by atoms with van der Waals surface area (Å²) in [7, 11) is 3.61. The van der Waals surface area contributed by atoms with E-state index in [9.17, 15) is 0 Å². The largest absolute Gasteiger partial charge is 0.497 e. The van der Waals surface area contributed by atoms with E-state index in [1.807, 2.05) is 31.3 Å². The fourth-order valence-corrected chi connectivity index (χ4v) is 1.91. The number of nitrogens with one attached hydrogen (secondary N) is 1. The molecule has 0 bridgehead atoms. The SMILES string of the molecule is CNC(C)CCc1nc(Cc2cccc(OC)c2)no1. The zero-order valence-electron chi connectivity index (χ0n) is 12.2. The zero-order valence-corrected chi connectivity index (χ0v) is 12.2. The second kappa shape index (κ2) is 7.05. The predicted octanol–water partition coefficient (Wildman–Crippen LogP) is 2.21. The lowest BCUT2D eigenvalue weighted by Crippen LogP contribution is -2.21. The van der Waals surface area contributed by atoms with Crippen LogP contribution in [0.5, 0.6) is 5.75 Å². The molecule has 1 N–H and O–H groups in total. The van der Waals surface area contributed by atoms with E-state index < -0.39 is 0 Å². The molecule has 1 heterocycles. The van der Waals surface area contributed by atoms with Crippen molar-refractivity contribution >= 4 is 0 Å². The summed E-state index contributed by atoms with van der Waals surface area (Å²) in [5, 5.41) is 7.21. The van der Waals surface area contributed by atoms with Crippen LogP contribution >= 0.6 is 0 Å². The van der Waals surface area contributed by atoms with Gasteiger partial charge in [-0.1, -0.05) is 17.3 Å². The van der Waals surface area contributed by atoms with E-state index in [0.29, 0.717) is 24.2 Å². The highest BCUT2D eigenvalue weighted by atomic mass is 16.5. The van der Waals surface area contributed by atoms with Gasteiger partial charge >= 0.3 is 0 Å². The summed E-state index contributed by atoms with van der Waals surface area (Å²) in [6.45, 7) is 2.13. The molecule has 1 atom stereocenters. The fraction of sp³-hybridized carbons (Fsp3) is 0.467. The van der Waals surface area contributed by atoms with Crippen LogP contribution in [0.4, 0.5) is 0 Å². The highest BCUT2D eigenvalue weighted by molar-refractivity contribution is 5.30. The lowest BCUT2D eigenvalue weighted by atomic mass is 10.1. The number of ether oxygens (including phenoxy) is 1. The molecule has 0 spiro atoms. The van der Waals surface area contributed by atoms with Gasteiger partial charge in [-0.3, -0.25) is 0 Å². The van der Waals surface area contributed by atoms with Gasteiger partial charge in [0.15, 0.2) is 5.82 Å². The van der Waals surface area contributed by atoms with E-state index in [0.717, 1.165) is 24.2 Å². The standard InChI is InChI=1S/C15H21N3O2/c1-11(16-2)7-8-15-17-14(18-20-15)10-12-5-4-6-13(9-12)19-3/h4-6,9,11,16H,7-8,10H2,1-3H3. The first-order chi connectivity index (χ1) is 9.71. The lowest BCUT2D eigenvalue weighted by molar-refractivity contribution is 0.365. The molecular formula is C15H21N3O2. The van der Waals surface area contributed by atoms with E-state index in [2.05, 4.69) is 22.4 Å². The summed E-state index contributed by atoms with van der Waals surface area (Å²) >= 11 is 0. The van der Waals surface area contributed by atoms with Gasteiger partial charge in [0.05, 0.1) is 7.11 Å². The molecular weight excluding hydrogens is 254 g/mol. The smallest absolute Gasteiger partial charge is 0.226 e. The molecule has 5 heteroatoms. The number of aryl methyl sites for hydroxylation is 1. The number of methoxy groups -OCH3 is 1. The van der Waals surface area contributed by atoms with Crippen LogP contribution in [-0.2, 0) is 12.8 Å². The third-order valence-corrected chi connectivity index (χ3v) is 3.29. The van der Waals surface area contributed by atoms with Gasteiger partial charge in [0.1, 0.15) is 5.75 Å². The quantitative estimate of drug-likeness (QED) is 0.839. The molecule has 108 valence electrons. The highest BCUT2D eigenvalue weighted by Gasteiger charge is 2.09. The number of hydrogen-bond donors (Lipinski definition) is 1. The predicted molar refractivity (Wildman–Crippen MR) is 76.9 cm³/mol. The Labute approximate surface area is 119 Å². The molecule has 0 fully saturated rings. The third-order valence-electron chi connectivity index (χ3n) is 3.29. The first-order valence-corrected chi connectivity index (χ1v) is 6.83. The molecule has 0 saturated carbocycles. The average molecular weight is 275 g/mol. The Balaban J connectivity index is 1.95. The van der Waals surface area contributed by atoms with E-state index in [1.54, 1.807) is 7.11 Å². The van der Waals surface area contributed by atoms with Crippen LogP contribution in [0.15, 0.2) is 28.8 Å². The average Bonchev–Trinajstić information content (AvgIpc) is 2.92. The summed E-state index contributed by atoms with van der Waals surface area (Å²) < 4.78 is 10.5. The second-order valence-corrected chi connectivity index (χ2v) is 4.86. The Morgan fingerprint density at radius 1 is 1.40 bits per heavy atom. The molecule has 1 unspecified atom stereocenters. The van der Waals surface area contributed by atoms with Gasteiger partial charge in [-0.05, 0) is 38.1 Å². The number of hydrogen-bond acceptors (Lipinski definition) is 5. The molecule has 2 aromatic rings. The van der Waals surface area contributed by atoms with Crippen molar-refractivity contribution in [2.75, 3.05) is 14.2 Å². The van der Waals surface area contributed by atoms with Crippen molar-refractivity contribution < 1.29 is 9.26 Å². The van der Waals surface area contributed by atoms with Crippen molar-refractivity contribution in [3.05, 3.63) is 41.5 Å². The Kier molecular flexibility index (Phi) is 5.12. The van der Waals surface area contributed by atoms with Gasteiger partial charge in [0.2, 0.25) is 5.89 Å². The van der Waals surface area contributed by atoms with Gasteiger partial charge < -0.3 is 14.6 Å². The molecule has 0 saturated heterocycles. The maximum absolute atomic E-state index is 5.27. The first-order valence-electron chi connectivity index (χ1n) is 6.83. The maximum Gasteiger partial charge on any atom is 0.226 e. The number of benzene rings is 1. The van der Waals surface area contributed by atoms with Crippen LogP contribution in [-0.4, -0.2) is 30.3 Å². The molecule has 20 heavy (non-hydrogen) atoms. The van der Waals surface area contributed by atoms with E-state index in [4.69, 9.17) is 9.26 Å². The second-order valence-electron chi connectivity index (χ2n) is 4.86. The summed E-state index contributed by atoms with van der Waals surface area (Å²) in [4.78, 5) is 4.42. The number of nitrogens with zero attached hydrogens (tertiary/aromatic N) is 2. The highest BCUT2D eigenvalue weighted by Crippen LogP contribution is 2.15. The van der Waals surface area contributed by atoms with Gasteiger partial charge in [0.25, 0.3) is 0 Å². The minimum Gasteiger partial charge on any atom is -0.497 e. The lowest BCUT2D eigenvalue weighted by Gasteiger charge is -2.06. The van der Waals surface area contributed by atoms with Gasteiger partial charge in [-0.15, -0.1) is 0 Å². The van der Waals surface area contributed by atoms with Crippen molar-refractivity contribution in [1.29, 1.82) is 0 Å². The van der Waals surface area contributed by atoms with Gasteiger partial charge in [-0.2, -0.15) is 4.98 Å². The summed E-state index contributed by atoms with van der Waals surface area (Å²) in [6.07, 6.45) is 2.44. The monoisotopic (exact) mass is 275 g/mol. The Morgan fingerprint density at radius 2 is 2.25 bits per heavy atom. The van der Waals surface area contributed by atoms with Crippen LogP contribution in [0.3, 0.4) is 0 Å². The molecule has 0 amide bonds. The number of aromatic nitrogens is 2. The van der Waals surface area contributed by atoms with Crippen LogP contribution in [0.1, 0.15) is 30.6 Å². The molecule has 0 aliphatic carbocycles. The van der Waals surface area contributed by atoms with Gasteiger partial charge in [-0.25, -0.2) is 0 Å². The van der Waals surface area contributed by atoms with Crippen molar-refractivity contribution in [3.63, 3.8) is 0 Å². The molecule has 0 radical (unpaired) electrons. The minimum atomic E-state index is 0.448. The number of rotatable bonds is 7. The zero-order chi connectivity index (χ0) is 14.4. The summed E-state index contributed by atoms with van der Waals surface area (Å²) in [5.41, 5.74) is 1.11. The Bertz CT molecular complexity index is 539. The van der Waals surface area contributed by atoms with Crippen LogP contribution < -0.4 is 10.1 Å². The van der Waals surface area contributed by atoms with Crippen molar-refractivity contribution in [2.45, 2.75) is 32.2 Å². The van der Waals surface area contributed by atoms with Crippen molar-refractivity contribution in [3.8, 4) is 5.75 Å². The van der Waals surface area contributed by atoms with Crippen molar-refractivity contribution in [2.24, 2.45) is 0 Å². The topological polar surface area (TPSA) is 60.2 Å². The third kappa shape index (κ3) is 4.06.